The molecule has 1 aromatic carbocycles. The molecule has 1 aromatic rings. The third kappa shape index (κ3) is 8.80. The van der Waals surface area contributed by atoms with Crippen molar-refractivity contribution in [3.05, 3.63) is 71.5 Å². The smallest absolute Gasteiger partial charge is 0.268 e. The van der Waals surface area contributed by atoms with E-state index in [4.69, 9.17) is 11.6 Å². The number of amides is 3. The number of hydrogen-bond donors (Lipinski definition) is 4. The molecule has 0 bridgehead atoms. The molecule has 0 aromatic heterocycles. The zero-order chi connectivity index (χ0) is 25.6. The van der Waals surface area contributed by atoms with Crippen LogP contribution < -0.4 is 16.1 Å². The zero-order valence-electron chi connectivity index (χ0n) is 20.3. The summed E-state index contributed by atoms with van der Waals surface area (Å²) in [6.45, 7) is 2.32. The van der Waals surface area contributed by atoms with Gasteiger partial charge in [-0.05, 0) is 49.1 Å². The Kier molecular flexibility index (Phi) is 11.3. The quantitative estimate of drug-likeness (QED) is 0.160. The van der Waals surface area contributed by atoms with Gasteiger partial charge < -0.3 is 15.5 Å². The van der Waals surface area contributed by atoms with E-state index in [0.29, 0.717) is 37.9 Å². The normalized spacial score (nSPS) is 16.1. The number of allylic oxidation sites excluding steroid dienone is 3. The van der Waals surface area contributed by atoms with Crippen molar-refractivity contribution in [1.82, 2.24) is 21.0 Å². The fourth-order valence-electron chi connectivity index (χ4n) is 3.82. The van der Waals surface area contributed by atoms with E-state index in [-0.39, 0.29) is 24.3 Å². The molecule has 4 N–H and O–H groups in total. The van der Waals surface area contributed by atoms with Gasteiger partial charge in [0.2, 0.25) is 11.8 Å². The lowest BCUT2D eigenvalue weighted by Gasteiger charge is -2.33. The molecule has 2 unspecified atom stereocenters. The Balaban J connectivity index is 2.06. The largest absolute Gasteiger partial charge is 0.360 e. The van der Waals surface area contributed by atoms with E-state index >= 15 is 0 Å². The maximum atomic E-state index is 13.2. The van der Waals surface area contributed by atoms with Gasteiger partial charge in [-0.15, -0.1) is 6.42 Å². The van der Waals surface area contributed by atoms with Crippen LogP contribution in [0, 0.1) is 12.3 Å². The maximum Gasteiger partial charge on any atom is 0.268 e. The van der Waals surface area contributed by atoms with Crippen molar-refractivity contribution in [2.75, 3.05) is 7.05 Å². The highest BCUT2D eigenvalue weighted by Gasteiger charge is 2.27. The lowest BCUT2D eigenvalue weighted by atomic mass is 10.0. The van der Waals surface area contributed by atoms with E-state index in [0.717, 1.165) is 11.1 Å². The van der Waals surface area contributed by atoms with Crippen LogP contribution >= 0.6 is 0 Å². The van der Waals surface area contributed by atoms with Crippen LogP contribution in [-0.4, -0.2) is 47.0 Å². The Morgan fingerprint density at radius 3 is 2.60 bits per heavy atom. The first-order valence-electron chi connectivity index (χ1n) is 11.7. The van der Waals surface area contributed by atoms with Gasteiger partial charge in [0.25, 0.3) is 5.91 Å². The fraction of sp³-hybridized carbons (Fsp3) is 0.370. The first kappa shape index (κ1) is 27.4. The number of carbonyl (C=O) groups excluding carboxylic acids is 3. The van der Waals surface area contributed by atoms with E-state index in [1.165, 1.54) is 0 Å². The number of benzene rings is 1. The molecule has 1 aliphatic heterocycles. The molecule has 0 spiro atoms. The van der Waals surface area contributed by atoms with Crippen LogP contribution in [0.3, 0.4) is 0 Å². The van der Waals surface area contributed by atoms with Crippen LogP contribution in [0.25, 0.3) is 0 Å². The lowest BCUT2D eigenvalue weighted by Crippen LogP contribution is -2.49. The molecule has 3 amide bonds. The van der Waals surface area contributed by atoms with Gasteiger partial charge in [-0.1, -0.05) is 55.2 Å². The van der Waals surface area contributed by atoms with Crippen LogP contribution in [0.1, 0.15) is 44.6 Å². The number of likely N-dealkylation sites (N-methyl/N-ethyl adjacent to an activating group) is 1. The summed E-state index contributed by atoms with van der Waals surface area (Å²) in [6, 6.07) is 8.64. The van der Waals surface area contributed by atoms with E-state index in [1.807, 2.05) is 61.4 Å². The van der Waals surface area contributed by atoms with Gasteiger partial charge in [-0.3, -0.25) is 19.6 Å². The minimum absolute atomic E-state index is 0.153. The topological polar surface area (TPSA) is 111 Å². The third-order valence-corrected chi connectivity index (χ3v) is 5.83. The molecule has 35 heavy (non-hydrogen) atoms. The molecule has 0 saturated heterocycles. The highest BCUT2D eigenvalue weighted by molar-refractivity contribution is 5.97. The number of hydrogen-bond acceptors (Lipinski definition) is 5. The summed E-state index contributed by atoms with van der Waals surface area (Å²) in [5, 5.41) is 14.4. The van der Waals surface area contributed by atoms with Crippen molar-refractivity contribution in [1.29, 1.82) is 0 Å². The Morgan fingerprint density at radius 2 is 1.91 bits per heavy atom. The minimum atomic E-state index is -0.737. The molecule has 8 heteroatoms. The van der Waals surface area contributed by atoms with E-state index in [9.17, 15) is 14.4 Å². The van der Waals surface area contributed by atoms with E-state index in [2.05, 4.69) is 16.6 Å². The number of carbonyl (C=O) groups is 3. The van der Waals surface area contributed by atoms with Crippen molar-refractivity contribution in [2.24, 2.45) is 0 Å². The summed E-state index contributed by atoms with van der Waals surface area (Å²) in [6.07, 6.45) is 14.9. The Morgan fingerprint density at radius 1 is 1.17 bits per heavy atom. The molecule has 0 radical (unpaired) electrons. The zero-order valence-corrected chi connectivity index (χ0v) is 20.3. The second-order valence-electron chi connectivity index (χ2n) is 8.41. The maximum absolute atomic E-state index is 13.2. The first-order chi connectivity index (χ1) is 16.9. The minimum Gasteiger partial charge on any atom is -0.360 e. The van der Waals surface area contributed by atoms with Gasteiger partial charge in [0, 0.05) is 20.0 Å². The number of hydroxylamine groups is 1. The van der Waals surface area contributed by atoms with Crippen LogP contribution in [0.2, 0.25) is 0 Å². The number of rotatable bonds is 12. The SMILES string of the molecule is C#C/C=C\C1C(C)=CC=C(C(=O)NC(CCCCCC(=O)NO)C(=O)NCc2ccccc2)N1C. The lowest BCUT2D eigenvalue weighted by molar-refractivity contribution is -0.129. The number of terminal acetylenes is 1. The highest BCUT2D eigenvalue weighted by atomic mass is 16.5. The standard InChI is InChI=1S/C27H34N4O4/c1-4-5-15-23-20(2)17-18-24(31(23)3)27(34)29-22(14-10-7-11-16-25(32)30-35)26(33)28-19-21-12-8-6-9-13-21/h1,5-6,8-9,12-13,15,17-18,22-23,35H,7,10-11,14,16,19H2,2-3H3,(H,28,33)(H,29,34)(H,30,32)/b15-5-. The third-order valence-electron chi connectivity index (χ3n) is 5.83. The molecule has 8 nitrogen and oxygen atoms in total. The molecule has 0 aliphatic carbocycles. The van der Waals surface area contributed by atoms with Gasteiger partial charge in [0.1, 0.15) is 11.7 Å². The van der Waals surface area contributed by atoms with Crippen LogP contribution in [0.5, 0.6) is 0 Å². The molecule has 0 saturated carbocycles. The number of nitrogens with one attached hydrogen (secondary N) is 3. The van der Waals surface area contributed by atoms with Crippen LogP contribution in [-0.2, 0) is 20.9 Å². The van der Waals surface area contributed by atoms with E-state index < -0.39 is 11.9 Å². The predicted octanol–water partition coefficient (Wildman–Crippen LogP) is 2.58. The summed E-state index contributed by atoms with van der Waals surface area (Å²) in [5.74, 6) is 1.40. The van der Waals surface area contributed by atoms with Crippen molar-refractivity contribution in [2.45, 2.75) is 57.7 Å². The molecule has 2 atom stereocenters. The average molecular weight is 479 g/mol. The molecular weight excluding hydrogens is 444 g/mol. The summed E-state index contributed by atoms with van der Waals surface area (Å²) in [5.41, 5.74) is 4.04. The van der Waals surface area contributed by atoms with Crippen LogP contribution in [0.15, 0.2) is 65.9 Å². The molecule has 186 valence electrons. The van der Waals surface area contributed by atoms with Crippen molar-refractivity contribution in [3.63, 3.8) is 0 Å². The summed E-state index contributed by atoms with van der Waals surface area (Å²) in [4.78, 5) is 39.2. The Hall–Kier alpha value is -3.83. The second kappa shape index (κ2) is 14.4. The Bertz CT molecular complexity index is 1010. The molecule has 1 aliphatic rings. The highest BCUT2D eigenvalue weighted by Crippen LogP contribution is 2.21. The van der Waals surface area contributed by atoms with Gasteiger partial charge in [-0.25, -0.2) is 5.48 Å². The molecule has 2 rings (SSSR count). The van der Waals surface area contributed by atoms with Gasteiger partial charge in [-0.2, -0.15) is 0 Å². The number of unbranched alkanes of at least 4 members (excludes halogenated alkanes) is 2. The van der Waals surface area contributed by atoms with Crippen molar-refractivity contribution in [3.8, 4) is 12.3 Å². The van der Waals surface area contributed by atoms with Crippen molar-refractivity contribution < 1.29 is 19.6 Å². The van der Waals surface area contributed by atoms with Crippen molar-refractivity contribution >= 4 is 17.7 Å². The molecule has 1 heterocycles. The van der Waals surface area contributed by atoms with E-state index in [1.54, 1.807) is 17.6 Å². The molecular formula is C27H34N4O4. The van der Waals surface area contributed by atoms with Gasteiger partial charge in [0.15, 0.2) is 0 Å². The summed E-state index contributed by atoms with van der Waals surface area (Å²) < 4.78 is 0. The fourth-order valence-corrected chi connectivity index (χ4v) is 3.82. The number of nitrogens with zero attached hydrogens (tertiary/aromatic N) is 1. The summed E-state index contributed by atoms with van der Waals surface area (Å²) in [7, 11) is 1.81. The Labute approximate surface area is 207 Å². The molecule has 0 fully saturated rings. The summed E-state index contributed by atoms with van der Waals surface area (Å²) >= 11 is 0. The second-order valence-corrected chi connectivity index (χ2v) is 8.41. The first-order valence-corrected chi connectivity index (χ1v) is 11.7. The monoisotopic (exact) mass is 478 g/mol. The van der Waals surface area contributed by atoms with Gasteiger partial charge >= 0.3 is 0 Å². The van der Waals surface area contributed by atoms with Gasteiger partial charge in [0.05, 0.1) is 6.04 Å². The predicted molar refractivity (Wildman–Crippen MR) is 135 cm³/mol. The average Bonchev–Trinajstić information content (AvgIpc) is 2.86. The van der Waals surface area contributed by atoms with Crippen LogP contribution in [0.4, 0.5) is 0 Å².